The van der Waals surface area contributed by atoms with E-state index in [9.17, 15) is 0 Å². The number of hydrogen-bond acceptors (Lipinski definition) is 5. The van der Waals surface area contributed by atoms with Crippen LogP contribution in [0.5, 0.6) is 5.75 Å². The summed E-state index contributed by atoms with van der Waals surface area (Å²) in [7, 11) is 1.60. The molecule has 0 fully saturated rings. The maximum Gasteiger partial charge on any atom is 0.188 e. The maximum absolute atomic E-state index is 9.15. The van der Waals surface area contributed by atoms with Gasteiger partial charge in [-0.05, 0) is 24.3 Å². The Kier molecular flexibility index (Phi) is 3.23. The summed E-state index contributed by atoms with van der Waals surface area (Å²) < 4.78 is 6.29. The number of nitrogens with one attached hydrogen (secondary N) is 1. The summed E-state index contributed by atoms with van der Waals surface area (Å²) in [5.74, 6) is 0.701. The van der Waals surface area contributed by atoms with Gasteiger partial charge in [-0.15, -0.1) is 0 Å². The van der Waals surface area contributed by atoms with Crippen molar-refractivity contribution in [3.8, 4) is 11.8 Å². The first kappa shape index (κ1) is 12.5. The number of rotatable bonds is 3. The number of methoxy groups -OCH3 is 1. The van der Waals surface area contributed by atoms with Crippen molar-refractivity contribution in [1.82, 2.24) is 4.98 Å². The van der Waals surface area contributed by atoms with Gasteiger partial charge in [-0.2, -0.15) is 5.26 Å². The van der Waals surface area contributed by atoms with Gasteiger partial charge in [0.2, 0.25) is 0 Å². The first-order chi connectivity index (χ1) is 9.80. The summed E-state index contributed by atoms with van der Waals surface area (Å²) in [6.07, 6.45) is 0. The maximum atomic E-state index is 9.15. The molecule has 0 unspecified atom stereocenters. The monoisotopic (exact) mass is 281 g/mol. The van der Waals surface area contributed by atoms with Gasteiger partial charge in [-0.25, -0.2) is 4.98 Å². The quantitative estimate of drug-likeness (QED) is 0.790. The Bertz CT molecular complexity index is 771. The molecule has 0 saturated heterocycles. The van der Waals surface area contributed by atoms with E-state index in [2.05, 4.69) is 16.4 Å². The van der Waals surface area contributed by atoms with E-state index < -0.39 is 0 Å². The van der Waals surface area contributed by atoms with E-state index in [1.54, 1.807) is 36.6 Å². The Morgan fingerprint density at radius 2 is 2.10 bits per heavy atom. The van der Waals surface area contributed by atoms with E-state index in [-0.39, 0.29) is 0 Å². The van der Waals surface area contributed by atoms with E-state index >= 15 is 0 Å². The Morgan fingerprint density at radius 3 is 2.85 bits per heavy atom. The molecule has 4 nitrogen and oxygen atoms in total. The van der Waals surface area contributed by atoms with Crippen LogP contribution in [0, 0.1) is 11.3 Å². The molecule has 0 atom stereocenters. The van der Waals surface area contributed by atoms with Gasteiger partial charge < -0.3 is 10.1 Å². The number of para-hydroxylation sites is 1. The molecule has 0 saturated carbocycles. The number of nitrogens with zero attached hydrogens (tertiary/aromatic N) is 2. The highest BCUT2D eigenvalue weighted by atomic mass is 32.1. The standard InChI is InChI=1S/C15H11N3OS/c1-19-11-7-6-10(9-16)13(8-11)18-15-17-12-4-2-3-5-14(12)20-15/h2-8H,1H3,(H,17,18). The lowest BCUT2D eigenvalue weighted by Gasteiger charge is -2.07. The van der Waals surface area contributed by atoms with Crippen LogP contribution in [0.3, 0.4) is 0 Å². The van der Waals surface area contributed by atoms with Gasteiger partial charge in [0.1, 0.15) is 11.8 Å². The topological polar surface area (TPSA) is 57.9 Å². The van der Waals surface area contributed by atoms with Crippen molar-refractivity contribution in [2.24, 2.45) is 0 Å². The number of thiazole rings is 1. The average Bonchev–Trinajstić information content (AvgIpc) is 2.89. The van der Waals surface area contributed by atoms with Gasteiger partial charge in [0.25, 0.3) is 0 Å². The highest BCUT2D eigenvalue weighted by Gasteiger charge is 2.08. The Hall–Kier alpha value is -2.58. The summed E-state index contributed by atoms with van der Waals surface area (Å²) in [5.41, 5.74) is 2.21. The molecule has 1 aromatic heterocycles. The molecule has 5 heteroatoms. The molecule has 20 heavy (non-hydrogen) atoms. The van der Waals surface area contributed by atoms with Crippen molar-refractivity contribution in [2.45, 2.75) is 0 Å². The number of ether oxygens (including phenoxy) is 1. The summed E-state index contributed by atoms with van der Waals surface area (Å²) >= 11 is 1.55. The predicted octanol–water partition coefficient (Wildman–Crippen LogP) is 3.92. The SMILES string of the molecule is COc1ccc(C#N)c(Nc2nc3ccccc3s2)c1. The van der Waals surface area contributed by atoms with Crippen LogP contribution in [0.1, 0.15) is 5.56 Å². The van der Waals surface area contributed by atoms with Crippen LogP contribution >= 0.6 is 11.3 Å². The van der Waals surface area contributed by atoms with Crippen LogP contribution in [0.2, 0.25) is 0 Å². The molecular weight excluding hydrogens is 270 g/mol. The fourth-order valence-corrected chi connectivity index (χ4v) is 2.77. The minimum atomic E-state index is 0.560. The van der Waals surface area contributed by atoms with E-state index in [1.807, 2.05) is 24.3 Å². The molecule has 0 aliphatic rings. The molecule has 0 spiro atoms. The lowest BCUT2D eigenvalue weighted by atomic mass is 10.2. The number of benzene rings is 2. The molecule has 0 aliphatic carbocycles. The molecule has 3 aromatic rings. The summed E-state index contributed by atoms with van der Waals surface area (Å²) in [4.78, 5) is 4.50. The van der Waals surface area contributed by atoms with Gasteiger partial charge in [0, 0.05) is 6.07 Å². The zero-order valence-electron chi connectivity index (χ0n) is 10.8. The van der Waals surface area contributed by atoms with Crippen LogP contribution in [0.4, 0.5) is 10.8 Å². The number of hydrogen-bond donors (Lipinski definition) is 1. The van der Waals surface area contributed by atoms with Gasteiger partial charge in [-0.3, -0.25) is 0 Å². The molecule has 3 rings (SSSR count). The molecule has 0 radical (unpaired) electrons. The highest BCUT2D eigenvalue weighted by Crippen LogP contribution is 2.30. The number of aromatic nitrogens is 1. The highest BCUT2D eigenvalue weighted by molar-refractivity contribution is 7.22. The van der Waals surface area contributed by atoms with Crippen molar-refractivity contribution in [3.63, 3.8) is 0 Å². The smallest absolute Gasteiger partial charge is 0.188 e. The molecule has 2 aromatic carbocycles. The van der Waals surface area contributed by atoms with Crippen LogP contribution in [-0.4, -0.2) is 12.1 Å². The second-order valence-electron chi connectivity index (χ2n) is 4.14. The lowest BCUT2D eigenvalue weighted by Crippen LogP contribution is -1.94. The van der Waals surface area contributed by atoms with Gasteiger partial charge >= 0.3 is 0 Å². The van der Waals surface area contributed by atoms with Gasteiger partial charge in [0.05, 0.1) is 28.6 Å². The first-order valence-corrected chi connectivity index (χ1v) is 6.82. The van der Waals surface area contributed by atoms with Crippen LogP contribution < -0.4 is 10.1 Å². The zero-order valence-corrected chi connectivity index (χ0v) is 11.6. The normalized spacial score (nSPS) is 10.2. The molecular formula is C15H11N3OS. The third kappa shape index (κ3) is 2.29. The second kappa shape index (κ2) is 5.19. The Morgan fingerprint density at radius 1 is 1.25 bits per heavy atom. The van der Waals surface area contributed by atoms with Crippen LogP contribution in [0.15, 0.2) is 42.5 Å². The summed E-state index contributed by atoms with van der Waals surface area (Å²) in [6.45, 7) is 0. The predicted molar refractivity (Wildman–Crippen MR) is 80.6 cm³/mol. The van der Waals surface area contributed by atoms with Crippen molar-refractivity contribution in [2.75, 3.05) is 12.4 Å². The first-order valence-electron chi connectivity index (χ1n) is 6.01. The van der Waals surface area contributed by atoms with Crippen molar-refractivity contribution in [3.05, 3.63) is 48.0 Å². The largest absolute Gasteiger partial charge is 0.497 e. The molecule has 98 valence electrons. The molecule has 1 heterocycles. The molecule has 0 amide bonds. The van der Waals surface area contributed by atoms with Crippen molar-refractivity contribution < 1.29 is 4.74 Å². The Labute approximate surface area is 120 Å². The average molecular weight is 281 g/mol. The molecule has 0 bridgehead atoms. The van der Waals surface area contributed by atoms with Crippen molar-refractivity contribution in [1.29, 1.82) is 5.26 Å². The number of anilines is 2. The minimum absolute atomic E-state index is 0.560. The van der Waals surface area contributed by atoms with E-state index in [0.29, 0.717) is 17.0 Å². The number of nitriles is 1. The number of fused-ring (bicyclic) bond motifs is 1. The van der Waals surface area contributed by atoms with E-state index in [0.717, 1.165) is 15.3 Å². The molecule has 1 N–H and O–H groups in total. The fourth-order valence-electron chi connectivity index (χ4n) is 1.89. The zero-order chi connectivity index (χ0) is 13.9. The van der Waals surface area contributed by atoms with Gasteiger partial charge in [-0.1, -0.05) is 23.5 Å². The molecule has 0 aliphatic heterocycles. The summed E-state index contributed by atoms with van der Waals surface area (Å²) in [5, 5.41) is 13.1. The Balaban J connectivity index is 1.99. The van der Waals surface area contributed by atoms with E-state index in [1.165, 1.54) is 0 Å². The lowest BCUT2D eigenvalue weighted by molar-refractivity contribution is 0.415. The van der Waals surface area contributed by atoms with Gasteiger partial charge in [0.15, 0.2) is 5.13 Å². The third-order valence-corrected chi connectivity index (χ3v) is 3.83. The minimum Gasteiger partial charge on any atom is -0.497 e. The van der Waals surface area contributed by atoms with Crippen molar-refractivity contribution >= 4 is 32.4 Å². The second-order valence-corrected chi connectivity index (χ2v) is 5.17. The summed E-state index contributed by atoms with van der Waals surface area (Å²) in [6, 6.07) is 15.4. The van der Waals surface area contributed by atoms with Crippen LogP contribution in [-0.2, 0) is 0 Å². The fraction of sp³-hybridized carbons (Fsp3) is 0.0667. The van der Waals surface area contributed by atoms with Crippen LogP contribution in [0.25, 0.3) is 10.2 Å². The van der Waals surface area contributed by atoms with E-state index in [4.69, 9.17) is 10.00 Å². The third-order valence-electron chi connectivity index (χ3n) is 2.88.